The standard InChI is InChI=1S/C12H15FN2O4S/c1-12(11(16)17)5-3-7-15(8-12)20(18,19)10-9(13)4-2-6-14-10/h2,4,6H,3,5,7-8H2,1H3,(H,16,17). The van der Waals surface area contributed by atoms with Gasteiger partial charge in [-0.3, -0.25) is 4.79 Å². The summed E-state index contributed by atoms with van der Waals surface area (Å²) < 4.78 is 39.3. The largest absolute Gasteiger partial charge is 0.481 e. The maximum absolute atomic E-state index is 13.6. The van der Waals surface area contributed by atoms with Crippen molar-refractivity contribution in [3.8, 4) is 0 Å². The van der Waals surface area contributed by atoms with Crippen LogP contribution in [0.15, 0.2) is 23.4 Å². The van der Waals surface area contributed by atoms with Crippen LogP contribution in [0.4, 0.5) is 4.39 Å². The molecule has 20 heavy (non-hydrogen) atoms. The predicted octanol–water partition coefficient (Wildman–Crippen LogP) is 1.10. The third-order valence-corrected chi connectivity index (χ3v) is 5.27. The third-order valence-electron chi connectivity index (χ3n) is 3.49. The summed E-state index contributed by atoms with van der Waals surface area (Å²) in [6.07, 6.45) is 1.99. The van der Waals surface area contributed by atoms with Gasteiger partial charge >= 0.3 is 5.97 Å². The molecule has 1 aliphatic rings. The molecule has 0 saturated carbocycles. The first-order chi connectivity index (χ1) is 9.27. The Morgan fingerprint density at radius 3 is 2.85 bits per heavy atom. The number of pyridine rings is 1. The molecule has 0 aliphatic carbocycles. The fourth-order valence-electron chi connectivity index (χ4n) is 2.26. The molecule has 1 atom stereocenters. The van der Waals surface area contributed by atoms with Crippen LogP contribution in [0.2, 0.25) is 0 Å². The molecule has 1 aromatic rings. The van der Waals surface area contributed by atoms with Crippen molar-refractivity contribution in [2.45, 2.75) is 24.8 Å². The zero-order valence-corrected chi connectivity index (χ0v) is 11.7. The quantitative estimate of drug-likeness (QED) is 0.903. The van der Waals surface area contributed by atoms with E-state index in [0.717, 1.165) is 10.4 Å². The van der Waals surface area contributed by atoms with E-state index in [2.05, 4.69) is 4.98 Å². The second-order valence-electron chi connectivity index (χ2n) is 5.10. The molecule has 6 nitrogen and oxygen atoms in total. The molecule has 2 rings (SSSR count). The lowest BCUT2D eigenvalue weighted by atomic mass is 9.83. The van der Waals surface area contributed by atoms with Crippen LogP contribution in [0.3, 0.4) is 0 Å². The average molecular weight is 302 g/mol. The summed E-state index contributed by atoms with van der Waals surface area (Å²) >= 11 is 0. The molecule has 0 spiro atoms. The molecule has 1 N–H and O–H groups in total. The maximum Gasteiger partial charge on any atom is 0.310 e. The molecule has 2 heterocycles. The highest BCUT2D eigenvalue weighted by Crippen LogP contribution is 2.32. The number of rotatable bonds is 3. The van der Waals surface area contributed by atoms with Gasteiger partial charge in [-0.05, 0) is 31.9 Å². The second kappa shape index (κ2) is 5.10. The van der Waals surface area contributed by atoms with E-state index < -0.39 is 32.3 Å². The van der Waals surface area contributed by atoms with Crippen molar-refractivity contribution in [2.24, 2.45) is 5.41 Å². The van der Waals surface area contributed by atoms with Crippen LogP contribution in [-0.4, -0.2) is 41.9 Å². The molecule has 1 unspecified atom stereocenters. The number of carboxylic acids is 1. The molecule has 1 aromatic heterocycles. The van der Waals surface area contributed by atoms with Gasteiger partial charge < -0.3 is 5.11 Å². The van der Waals surface area contributed by atoms with Crippen LogP contribution in [-0.2, 0) is 14.8 Å². The van der Waals surface area contributed by atoms with Crippen molar-refractivity contribution in [3.05, 3.63) is 24.1 Å². The van der Waals surface area contributed by atoms with E-state index in [4.69, 9.17) is 0 Å². The highest BCUT2D eigenvalue weighted by molar-refractivity contribution is 7.89. The second-order valence-corrected chi connectivity index (χ2v) is 6.95. The Morgan fingerprint density at radius 1 is 1.55 bits per heavy atom. The Hall–Kier alpha value is -1.54. The minimum Gasteiger partial charge on any atom is -0.481 e. The maximum atomic E-state index is 13.6. The number of sulfonamides is 1. The van der Waals surface area contributed by atoms with Gasteiger partial charge in [-0.25, -0.2) is 17.8 Å². The van der Waals surface area contributed by atoms with E-state index in [9.17, 15) is 22.7 Å². The summed E-state index contributed by atoms with van der Waals surface area (Å²) in [5.74, 6) is -1.99. The predicted molar refractivity (Wildman–Crippen MR) is 67.9 cm³/mol. The average Bonchev–Trinajstić information content (AvgIpc) is 2.39. The normalized spacial score (nSPS) is 24.5. The van der Waals surface area contributed by atoms with Gasteiger partial charge in [0.1, 0.15) is 0 Å². The summed E-state index contributed by atoms with van der Waals surface area (Å²) in [4.78, 5) is 14.8. The van der Waals surface area contributed by atoms with Crippen LogP contribution < -0.4 is 0 Å². The topological polar surface area (TPSA) is 87.6 Å². The van der Waals surface area contributed by atoms with E-state index in [1.165, 1.54) is 19.2 Å². The summed E-state index contributed by atoms with van der Waals surface area (Å²) in [6.45, 7) is 1.48. The summed E-state index contributed by atoms with van der Waals surface area (Å²) in [5.41, 5.74) is -1.16. The number of nitrogens with zero attached hydrogens (tertiary/aromatic N) is 2. The van der Waals surface area contributed by atoms with E-state index in [1.54, 1.807) is 0 Å². The third kappa shape index (κ3) is 2.53. The Bertz CT molecular complexity index is 634. The van der Waals surface area contributed by atoms with Gasteiger partial charge in [-0.1, -0.05) is 0 Å². The molecule has 110 valence electrons. The molecule has 0 aromatic carbocycles. The van der Waals surface area contributed by atoms with Crippen molar-refractivity contribution >= 4 is 16.0 Å². The number of carboxylic acid groups (broad SMARTS) is 1. The van der Waals surface area contributed by atoms with Crippen molar-refractivity contribution in [1.82, 2.24) is 9.29 Å². The van der Waals surface area contributed by atoms with Gasteiger partial charge in [0.05, 0.1) is 5.41 Å². The summed E-state index contributed by atoms with van der Waals surface area (Å²) in [5, 5.41) is 8.54. The first kappa shape index (κ1) is 14.9. The SMILES string of the molecule is CC1(C(=O)O)CCCN(S(=O)(=O)c2ncccc2F)C1. The molecular formula is C12H15FN2O4S. The number of aromatic nitrogens is 1. The summed E-state index contributed by atoms with van der Waals surface area (Å²) in [7, 11) is -4.11. The molecule has 8 heteroatoms. The zero-order chi connectivity index (χ0) is 15.0. The van der Waals surface area contributed by atoms with Gasteiger partial charge in [0.15, 0.2) is 5.82 Å². The number of carbonyl (C=O) groups is 1. The Labute approximate surface area is 116 Å². The van der Waals surface area contributed by atoms with Crippen LogP contribution in [0.25, 0.3) is 0 Å². The zero-order valence-electron chi connectivity index (χ0n) is 10.9. The van der Waals surface area contributed by atoms with Crippen LogP contribution in [0.1, 0.15) is 19.8 Å². The number of hydrogen-bond donors (Lipinski definition) is 1. The Kier molecular flexibility index (Phi) is 3.79. The Morgan fingerprint density at radius 2 is 2.25 bits per heavy atom. The first-order valence-electron chi connectivity index (χ1n) is 6.11. The number of hydrogen-bond acceptors (Lipinski definition) is 4. The summed E-state index contributed by atoms with van der Waals surface area (Å²) in [6, 6.07) is 2.31. The highest BCUT2D eigenvalue weighted by Gasteiger charge is 2.42. The first-order valence-corrected chi connectivity index (χ1v) is 7.55. The molecule has 0 amide bonds. The van der Waals surface area contributed by atoms with Crippen LogP contribution in [0, 0.1) is 11.2 Å². The molecule has 1 saturated heterocycles. The highest BCUT2D eigenvalue weighted by atomic mass is 32.2. The minimum atomic E-state index is -4.11. The van der Waals surface area contributed by atoms with Crippen molar-refractivity contribution in [2.75, 3.05) is 13.1 Å². The van der Waals surface area contributed by atoms with E-state index >= 15 is 0 Å². The lowest BCUT2D eigenvalue weighted by Crippen LogP contribution is -2.48. The van der Waals surface area contributed by atoms with E-state index in [1.807, 2.05) is 0 Å². The number of piperidine rings is 1. The lowest BCUT2D eigenvalue weighted by molar-refractivity contribution is -0.150. The van der Waals surface area contributed by atoms with E-state index in [0.29, 0.717) is 12.8 Å². The number of aliphatic carboxylic acids is 1. The fourth-order valence-corrected chi connectivity index (χ4v) is 3.83. The Balaban J connectivity index is 2.36. The van der Waals surface area contributed by atoms with Gasteiger partial charge in [0, 0.05) is 19.3 Å². The number of halogens is 1. The van der Waals surface area contributed by atoms with Crippen molar-refractivity contribution < 1.29 is 22.7 Å². The molecular weight excluding hydrogens is 287 g/mol. The van der Waals surface area contributed by atoms with Gasteiger partial charge in [-0.2, -0.15) is 4.31 Å². The van der Waals surface area contributed by atoms with Gasteiger partial charge in [-0.15, -0.1) is 0 Å². The van der Waals surface area contributed by atoms with Crippen molar-refractivity contribution in [1.29, 1.82) is 0 Å². The molecule has 0 bridgehead atoms. The minimum absolute atomic E-state index is 0.168. The van der Waals surface area contributed by atoms with Crippen LogP contribution in [0.5, 0.6) is 0 Å². The van der Waals surface area contributed by atoms with Crippen molar-refractivity contribution in [3.63, 3.8) is 0 Å². The lowest BCUT2D eigenvalue weighted by Gasteiger charge is -2.36. The van der Waals surface area contributed by atoms with E-state index in [-0.39, 0.29) is 13.1 Å². The smallest absolute Gasteiger partial charge is 0.310 e. The van der Waals surface area contributed by atoms with Gasteiger partial charge in [0.2, 0.25) is 5.03 Å². The monoisotopic (exact) mass is 302 g/mol. The van der Waals surface area contributed by atoms with Gasteiger partial charge in [0.25, 0.3) is 10.0 Å². The molecule has 1 fully saturated rings. The fraction of sp³-hybridized carbons (Fsp3) is 0.500. The van der Waals surface area contributed by atoms with Crippen LogP contribution >= 0.6 is 0 Å². The molecule has 1 aliphatic heterocycles. The molecule has 0 radical (unpaired) electrons.